The van der Waals surface area contributed by atoms with Crippen molar-refractivity contribution in [3.63, 3.8) is 0 Å². The van der Waals surface area contributed by atoms with E-state index in [9.17, 15) is 0 Å². The monoisotopic (exact) mass is 412 g/mol. The SMILES string of the molecule is [2H]c1c([2H])c([2H])c2c(-c3ccc(B4OC(C)(C)C(C)(C)O4)cc3)c([2H])c([2H])c(-c3ccccc3)c2c1[2H]. The van der Waals surface area contributed by atoms with Crippen molar-refractivity contribution in [1.29, 1.82) is 0 Å². The lowest BCUT2D eigenvalue weighted by atomic mass is 9.78. The predicted octanol–water partition coefficient (Wildman–Crippen LogP) is 6.47. The van der Waals surface area contributed by atoms with E-state index in [2.05, 4.69) is 0 Å². The van der Waals surface area contributed by atoms with Crippen molar-refractivity contribution in [2.45, 2.75) is 38.9 Å². The van der Waals surface area contributed by atoms with Gasteiger partial charge in [-0.3, -0.25) is 0 Å². The fraction of sp³-hybridized carbons (Fsp3) is 0.214. The summed E-state index contributed by atoms with van der Waals surface area (Å²) in [5.74, 6) is 0. The van der Waals surface area contributed by atoms with Crippen LogP contribution in [0, 0.1) is 0 Å². The third kappa shape index (κ3) is 3.48. The van der Waals surface area contributed by atoms with Crippen LogP contribution < -0.4 is 5.46 Å². The molecule has 2 nitrogen and oxygen atoms in total. The van der Waals surface area contributed by atoms with Gasteiger partial charge in [-0.1, -0.05) is 90.9 Å². The number of fused-ring (bicyclic) bond motifs is 1. The smallest absolute Gasteiger partial charge is 0.399 e. The molecule has 31 heavy (non-hydrogen) atoms. The molecule has 0 bridgehead atoms. The summed E-state index contributed by atoms with van der Waals surface area (Å²) in [5, 5.41) is 0.470. The third-order valence-corrected chi connectivity index (χ3v) is 6.29. The largest absolute Gasteiger partial charge is 0.494 e. The minimum absolute atomic E-state index is 0.0891. The van der Waals surface area contributed by atoms with Crippen molar-refractivity contribution in [3.05, 3.63) is 90.9 Å². The second-order valence-corrected chi connectivity index (χ2v) is 8.83. The maximum atomic E-state index is 8.93. The molecule has 3 heteroatoms. The van der Waals surface area contributed by atoms with E-state index < -0.39 is 18.3 Å². The van der Waals surface area contributed by atoms with Crippen molar-refractivity contribution in [3.8, 4) is 22.3 Å². The molecule has 0 atom stereocenters. The highest BCUT2D eigenvalue weighted by molar-refractivity contribution is 6.62. The maximum Gasteiger partial charge on any atom is 0.494 e. The molecule has 0 spiro atoms. The number of benzene rings is 4. The molecule has 154 valence electrons. The Balaban J connectivity index is 1.75. The van der Waals surface area contributed by atoms with Crippen molar-refractivity contribution in [2.75, 3.05) is 0 Å². The molecule has 1 saturated heterocycles. The summed E-state index contributed by atoms with van der Waals surface area (Å²) in [7, 11) is -0.559. The zero-order valence-electron chi connectivity index (χ0n) is 24.1. The Morgan fingerprint density at radius 3 is 1.65 bits per heavy atom. The normalized spacial score (nSPS) is 19.9. The van der Waals surface area contributed by atoms with Gasteiger partial charge >= 0.3 is 7.12 Å². The van der Waals surface area contributed by atoms with Crippen LogP contribution in [-0.4, -0.2) is 18.3 Å². The van der Waals surface area contributed by atoms with Crippen molar-refractivity contribution in [1.82, 2.24) is 0 Å². The molecule has 1 aliphatic rings. The van der Waals surface area contributed by atoms with Gasteiger partial charge in [0.05, 0.1) is 19.4 Å². The Morgan fingerprint density at radius 1 is 0.645 bits per heavy atom. The minimum atomic E-state index is -0.559. The molecule has 4 aromatic carbocycles. The molecule has 0 N–H and O–H groups in total. The van der Waals surface area contributed by atoms with Crippen LogP contribution in [0.15, 0.2) is 90.9 Å². The first kappa shape index (κ1) is 14.2. The Labute approximate surface area is 193 Å². The second kappa shape index (κ2) is 7.37. The van der Waals surface area contributed by atoms with Crippen molar-refractivity contribution in [2.24, 2.45) is 0 Å². The van der Waals surface area contributed by atoms with Crippen molar-refractivity contribution >= 4 is 23.4 Å². The fourth-order valence-electron chi connectivity index (χ4n) is 3.76. The van der Waals surface area contributed by atoms with Crippen LogP contribution in [0.4, 0.5) is 0 Å². The van der Waals surface area contributed by atoms with Gasteiger partial charge in [0.25, 0.3) is 0 Å². The molecule has 1 heterocycles. The number of hydrogen-bond acceptors (Lipinski definition) is 2. The standard InChI is InChI=1S/C28H27BO2/c1-27(2)28(3,4)31-29(30-27)22-16-14-21(15-17-22)24-19-18-23(20-10-6-5-7-11-20)25-12-8-9-13-26(24)25/h5-19H,1-4H3/i8D,9D,12D,13D,18D,19D. The lowest BCUT2D eigenvalue weighted by molar-refractivity contribution is 0.00578. The Kier molecular flexibility index (Phi) is 3.38. The van der Waals surface area contributed by atoms with Crippen LogP contribution in [0.1, 0.15) is 35.9 Å². The zero-order valence-corrected chi connectivity index (χ0v) is 18.1. The average molecular weight is 412 g/mol. The lowest BCUT2D eigenvalue weighted by Gasteiger charge is -2.32. The summed E-state index contributed by atoms with van der Waals surface area (Å²) in [5.41, 5.74) is 1.64. The summed E-state index contributed by atoms with van der Waals surface area (Å²) < 4.78 is 64.1. The predicted molar refractivity (Wildman–Crippen MR) is 131 cm³/mol. The van der Waals surface area contributed by atoms with Crippen molar-refractivity contribution < 1.29 is 17.5 Å². The Bertz CT molecular complexity index is 1520. The van der Waals surface area contributed by atoms with Crippen LogP contribution in [0.25, 0.3) is 33.0 Å². The molecule has 1 aliphatic heterocycles. The summed E-state index contributed by atoms with van der Waals surface area (Å²) >= 11 is 0. The molecule has 0 aliphatic carbocycles. The maximum absolute atomic E-state index is 8.93. The van der Waals surface area contributed by atoms with Gasteiger partial charge in [0.15, 0.2) is 0 Å². The van der Waals surface area contributed by atoms with Gasteiger partial charge in [-0.2, -0.15) is 0 Å². The first-order valence-corrected chi connectivity index (χ1v) is 10.4. The van der Waals surface area contributed by atoms with Gasteiger partial charge in [0.2, 0.25) is 0 Å². The fourth-order valence-corrected chi connectivity index (χ4v) is 3.76. The molecule has 5 rings (SSSR count). The van der Waals surface area contributed by atoms with Crippen LogP contribution >= 0.6 is 0 Å². The van der Waals surface area contributed by atoms with Crippen LogP contribution in [0.3, 0.4) is 0 Å². The van der Waals surface area contributed by atoms with E-state index in [1.165, 1.54) is 0 Å². The average Bonchev–Trinajstić information content (AvgIpc) is 3.09. The number of rotatable bonds is 3. The molecular formula is C28H27BO2. The van der Waals surface area contributed by atoms with Gasteiger partial charge in [-0.15, -0.1) is 0 Å². The highest BCUT2D eigenvalue weighted by atomic mass is 16.7. The number of hydrogen-bond donors (Lipinski definition) is 0. The van der Waals surface area contributed by atoms with Crippen LogP contribution in [-0.2, 0) is 9.31 Å². The van der Waals surface area contributed by atoms with E-state index in [0.29, 0.717) is 22.3 Å². The Hall–Kier alpha value is -2.88. The molecule has 0 amide bonds. The molecular weight excluding hydrogens is 379 g/mol. The zero-order chi connectivity index (χ0) is 26.9. The summed E-state index contributed by atoms with van der Waals surface area (Å²) in [6.07, 6.45) is 0. The van der Waals surface area contributed by atoms with Gasteiger partial charge < -0.3 is 9.31 Å². The quantitative estimate of drug-likeness (QED) is 0.359. The summed E-state index contributed by atoms with van der Waals surface area (Å²) in [4.78, 5) is 0. The first-order valence-electron chi connectivity index (χ1n) is 13.4. The van der Waals surface area contributed by atoms with E-state index in [1.54, 1.807) is 36.4 Å². The molecule has 1 fully saturated rings. The third-order valence-electron chi connectivity index (χ3n) is 6.29. The highest BCUT2D eigenvalue weighted by Gasteiger charge is 2.51. The van der Waals surface area contributed by atoms with E-state index in [4.69, 9.17) is 17.5 Å². The highest BCUT2D eigenvalue weighted by Crippen LogP contribution is 2.37. The van der Waals surface area contributed by atoms with E-state index >= 15 is 0 Å². The topological polar surface area (TPSA) is 18.5 Å². The van der Waals surface area contributed by atoms with Gasteiger partial charge in [0, 0.05) is 0 Å². The summed E-state index contributed by atoms with van der Waals surface area (Å²) in [6, 6.07) is 14.9. The van der Waals surface area contributed by atoms with Gasteiger partial charge in [-0.25, -0.2) is 0 Å². The van der Waals surface area contributed by atoms with Gasteiger partial charge in [0.1, 0.15) is 0 Å². The second-order valence-electron chi connectivity index (χ2n) is 8.83. The Morgan fingerprint density at radius 2 is 1.13 bits per heavy atom. The van der Waals surface area contributed by atoms with E-state index in [1.807, 2.05) is 45.9 Å². The van der Waals surface area contributed by atoms with Crippen LogP contribution in [0.5, 0.6) is 0 Å². The molecule has 0 unspecified atom stereocenters. The summed E-state index contributed by atoms with van der Waals surface area (Å²) in [6.45, 7) is 7.93. The van der Waals surface area contributed by atoms with Gasteiger partial charge in [-0.05, 0) is 66.2 Å². The first-order chi connectivity index (χ1) is 17.4. The molecule has 4 aromatic rings. The lowest BCUT2D eigenvalue weighted by Crippen LogP contribution is -2.41. The minimum Gasteiger partial charge on any atom is -0.399 e. The molecule has 0 aromatic heterocycles. The van der Waals surface area contributed by atoms with E-state index in [0.717, 1.165) is 5.46 Å². The molecule has 0 radical (unpaired) electrons. The molecule has 0 saturated carbocycles. The van der Waals surface area contributed by atoms with Crippen LogP contribution in [0.2, 0.25) is 0 Å². The van der Waals surface area contributed by atoms with E-state index in [-0.39, 0.29) is 47.0 Å².